The van der Waals surface area contributed by atoms with Gasteiger partial charge in [0.15, 0.2) is 11.6 Å². The van der Waals surface area contributed by atoms with Crippen LogP contribution in [0.3, 0.4) is 0 Å². The highest BCUT2D eigenvalue weighted by atomic mass is 127. The second-order valence-corrected chi connectivity index (χ2v) is 7.67. The number of fused-ring (bicyclic) bond motifs is 1. The molecule has 0 radical (unpaired) electrons. The zero-order chi connectivity index (χ0) is 20.6. The standard InChI is InChI=1S/C23H31N7.HI/c1-2-24-23(25-15-8-14-22-28-27-21-13-6-7-17-30(21)22)26-19-10-9-16-29(18-19)20-11-4-3-5-12-20;/h3-7,11-13,17,19H,2,8-10,14-16,18H2,1H3,(H2,24,25,26);1H. The van der Waals surface area contributed by atoms with Crippen LogP contribution >= 0.6 is 24.0 Å². The molecule has 1 aromatic carbocycles. The van der Waals surface area contributed by atoms with Crippen molar-refractivity contribution in [2.24, 2.45) is 4.99 Å². The van der Waals surface area contributed by atoms with Crippen LogP contribution in [0.5, 0.6) is 0 Å². The molecule has 1 fully saturated rings. The van der Waals surface area contributed by atoms with Crippen LogP contribution in [0.25, 0.3) is 5.65 Å². The molecule has 1 saturated heterocycles. The minimum Gasteiger partial charge on any atom is -0.369 e. The van der Waals surface area contributed by atoms with Crippen LogP contribution in [0.1, 0.15) is 32.0 Å². The minimum absolute atomic E-state index is 0. The molecular formula is C23H32IN7. The molecule has 1 unspecified atom stereocenters. The van der Waals surface area contributed by atoms with Crippen molar-refractivity contribution in [3.05, 3.63) is 60.6 Å². The van der Waals surface area contributed by atoms with Crippen molar-refractivity contribution in [3.63, 3.8) is 0 Å². The lowest BCUT2D eigenvalue weighted by Gasteiger charge is -2.35. The number of halogens is 1. The molecule has 0 saturated carbocycles. The van der Waals surface area contributed by atoms with Crippen molar-refractivity contribution in [1.29, 1.82) is 0 Å². The number of aryl methyl sites for hydroxylation is 1. The molecule has 3 aromatic rings. The predicted octanol–water partition coefficient (Wildman–Crippen LogP) is 3.50. The molecule has 1 aliphatic heterocycles. The number of pyridine rings is 1. The second kappa shape index (κ2) is 11.9. The van der Waals surface area contributed by atoms with Crippen molar-refractivity contribution >= 4 is 41.3 Å². The van der Waals surface area contributed by atoms with Gasteiger partial charge in [-0.05, 0) is 50.5 Å². The van der Waals surface area contributed by atoms with Crippen LogP contribution in [0.4, 0.5) is 5.69 Å². The van der Waals surface area contributed by atoms with Gasteiger partial charge >= 0.3 is 0 Å². The molecule has 3 heterocycles. The molecular weight excluding hydrogens is 501 g/mol. The number of guanidine groups is 1. The summed E-state index contributed by atoms with van der Waals surface area (Å²) in [5, 5.41) is 15.6. The largest absolute Gasteiger partial charge is 0.369 e. The van der Waals surface area contributed by atoms with Crippen molar-refractivity contribution in [2.45, 2.75) is 38.6 Å². The van der Waals surface area contributed by atoms with Crippen molar-refractivity contribution in [2.75, 3.05) is 31.1 Å². The molecule has 8 heteroatoms. The highest BCUT2D eigenvalue weighted by Gasteiger charge is 2.20. The van der Waals surface area contributed by atoms with E-state index in [1.54, 1.807) is 0 Å². The predicted molar refractivity (Wildman–Crippen MR) is 138 cm³/mol. The first-order chi connectivity index (χ1) is 14.8. The Labute approximate surface area is 201 Å². The Morgan fingerprint density at radius 1 is 1.13 bits per heavy atom. The maximum atomic E-state index is 4.80. The zero-order valence-electron chi connectivity index (χ0n) is 18.1. The van der Waals surface area contributed by atoms with E-state index in [9.17, 15) is 0 Å². The Balaban J connectivity index is 0.00000272. The third-order valence-corrected chi connectivity index (χ3v) is 5.44. The molecule has 31 heavy (non-hydrogen) atoms. The number of piperidine rings is 1. The Morgan fingerprint density at radius 3 is 2.81 bits per heavy atom. The Kier molecular flexibility index (Phi) is 8.93. The fourth-order valence-electron chi connectivity index (χ4n) is 3.97. The van der Waals surface area contributed by atoms with Gasteiger partial charge in [0.1, 0.15) is 5.82 Å². The third kappa shape index (κ3) is 6.32. The van der Waals surface area contributed by atoms with Gasteiger partial charge in [0, 0.05) is 50.5 Å². The number of rotatable bonds is 7. The summed E-state index contributed by atoms with van der Waals surface area (Å²) in [5.74, 6) is 1.90. The number of hydrogen-bond donors (Lipinski definition) is 2. The number of benzene rings is 1. The molecule has 0 aliphatic carbocycles. The topological polar surface area (TPSA) is 69.8 Å². The quantitative estimate of drug-likeness (QED) is 0.211. The number of para-hydroxylation sites is 1. The first kappa shape index (κ1) is 23.3. The number of hydrogen-bond acceptors (Lipinski definition) is 4. The molecule has 2 N–H and O–H groups in total. The summed E-state index contributed by atoms with van der Waals surface area (Å²) < 4.78 is 2.05. The maximum Gasteiger partial charge on any atom is 0.191 e. The van der Waals surface area contributed by atoms with Gasteiger partial charge in [-0.3, -0.25) is 9.39 Å². The number of anilines is 1. The SMILES string of the molecule is CCNC(=NCCCc1nnc2ccccn12)NC1CCCN(c2ccccc2)C1.I. The molecule has 0 bridgehead atoms. The van der Waals surface area contributed by atoms with Crippen molar-refractivity contribution < 1.29 is 0 Å². The van der Waals surface area contributed by atoms with E-state index in [2.05, 4.69) is 63.0 Å². The van der Waals surface area contributed by atoms with Crippen LogP contribution in [0.2, 0.25) is 0 Å². The molecule has 1 aliphatic rings. The highest BCUT2D eigenvalue weighted by Crippen LogP contribution is 2.19. The van der Waals surface area contributed by atoms with Crippen molar-refractivity contribution in [1.82, 2.24) is 25.2 Å². The molecule has 4 rings (SSSR count). The zero-order valence-corrected chi connectivity index (χ0v) is 20.4. The average molecular weight is 533 g/mol. The summed E-state index contributed by atoms with van der Waals surface area (Å²) in [7, 11) is 0. The van der Waals surface area contributed by atoms with Gasteiger partial charge in [-0.1, -0.05) is 24.3 Å². The van der Waals surface area contributed by atoms with E-state index < -0.39 is 0 Å². The molecule has 1 atom stereocenters. The lowest BCUT2D eigenvalue weighted by atomic mass is 10.1. The number of aromatic nitrogens is 3. The molecule has 0 amide bonds. The summed E-state index contributed by atoms with van der Waals surface area (Å²) >= 11 is 0. The van der Waals surface area contributed by atoms with Crippen LogP contribution in [-0.2, 0) is 6.42 Å². The Hall–Kier alpha value is -2.36. The summed E-state index contributed by atoms with van der Waals surface area (Å²) in [6.45, 7) is 5.83. The molecule has 2 aromatic heterocycles. The van der Waals surface area contributed by atoms with Crippen LogP contribution in [0, 0.1) is 0 Å². The number of nitrogens with zero attached hydrogens (tertiary/aromatic N) is 5. The number of nitrogens with one attached hydrogen (secondary N) is 2. The summed E-state index contributed by atoms with van der Waals surface area (Å²) in [5.41, 5.74) is 2.19. The van der Waals surface area contributed by atoms with Gasteiger partial charge in [-0.2, -0.15) is 0 Å². The first-order valence-corrected chi connectivity index (χ1v) is 11.0. The van der Waals surface area contributed by atoms with Gasteiger partial charge in [0.25, 0.3) is 0 Å². The normalized spacial score (nSPS) is 16.7. The average Bonchev–Trinajstić information content (AvgIpc) is 3.21. The monoisotopic (exact) mass is 533 g/mol. The Bertz CT molecular complexity index is 957. The van der Waals surface area contributed by atoms with Crippen LogP contribution in [-0.4, -0.2) is 52.8 Å². The van der Waals surface area contributed by atoms with Gasteiger partial charge in [-0.25, -0.2) is 0 Å². The van der Waals surface area contributed by atoms with E-state index in [-0.39, 0.29) is 24.0 Å². The van der Waals surface area contributed by atoms with Crippen LogP contribution in [0.15, 0.2) is 59.7 Å². The van der Waals surface area contributed by atoms with E-state index in [1.165, 1.54) is 18.5 Å². The van der Waals surface area contributed by atoms with E-state index in [4.69, 9.17) is 4.99 Å². The molecule has 166 valence electrons. The molecule has 0 spiro atoms. The fourth-order valence-corrected chi connectivity index (χ4v) is 3.97. The number of aliphatic imine (C=N–C) groups is 1. The summed E-state index contributed by atoms with van der Waals surface area (Å²) in [6.07, 6.45) is 6.17. The highest BCUT2D eigenvalue weighted by molar-refractivity contribution is 14.0. The maximum absolute atomic E-state index is 4.80. The first-order valence-electron chi connectivity index (χ1n) is 11.0. The summed E-state index contributed by atoms with van der Waals surface area (Å²) in [6, 6.07) is 17.0. The van der Waals surface area contributed by atoms with Gasteiger partial charge in [-0.15, -0.1) is 34.2 Å². The van der Waals surface area contributed by atoms with E-state index in [1.807, 2.05) is 28.8 Å². The minimum atomic E-state index is 0. The summed E-state index contributed by atoms with van der Waals surface area (Å²) in [4.78, 5) is 7.26. The lowest BCUT2D eigenvalue weighted by Crippen LogP contribution is -2.51. The van der Waals surface area contributed by atoms with E-state index >= 15 is 0 Å². The Morgan fingerprint density at radius 2 is 1.97 bits per heavy atom. The van der Waals surface area contributed by atoms with Gasteiger partial charge in [0.05, 0.1) is 0 Å². The third-order valence-electron chi connectivity index (χ3n) is 5.44. The van der Waals surface area contributed by atoms with Gasteiger partial charge in [0.2, 0.25) is 0 Å². The lowest BCUT2D eigenvalue weighted by molar-refractivity contribution is 0.468. The van der Waals surface area contributed by atoms with Crippen molar-refractivity contribution in [3.8, 4) is 0 Å². The van der Waals surface area contributed by atoms with Gasteiger partial charge < -0.3 is 15.5 Å². The van der Waals surface area contributed by atoms with E-state index in [0.717, 1.165) is 56.5 Å². The smallest absolute Gasteiger partial charge is 0.191 e. The fraction of sp³-hybridized carbons (Fsp3) is 0.435. The van der Waals surface area contributed by atoms with Crippen LogP contribution < -0.4 is 15.5 Å². The van der Waals surface area contributed by atoms with E-state index in [0.29, 0.717) is 6.04 Å². The second-order valence-electron chi connectivity index (χ2n) is 7.67. The molecule has 7 nitrogen and oxygen atoms in total.